The first kappa shape index (κ1) is 26.5. The Morgan fingerprint density at radius 2 is 1.17 bits per heavy atom. The molecule has 0 amide bonds. The van der Waals surface area contributed by atoms with Crippen molar-refractivity contribution in [2.24, 2.45) is 0 Å². The van der Waals surface area contributed by atoms with Gasteiger partial charge in [-0.15, -0.1) is 0 Å². The Morgan fingerprint density at radius 3 is 1.85 bits per heavy atom. The van der Waals surface area contributed by atoms with Gasteiger partial charge in [-0.25, -0.2) is 0 Å². The van der Waals surface area contributed by atoms with Gasteiger partial charge in [-0.3, -0.25) is 0 Å². The number of aliphatic hydroxyl groups is 2. The second kappa shape index (κ2) is 8.96. The third-order valence-electron chi connectivity index (χ3n) is 11.7. The van der Waals surface area contributed by atoms with Gasteiger partial charge in [0, 0.05) is 88.4 Å². The highest BCUT2D eigenvalue weighted by Gasteiger charge is 2.53. The topological polar surface area (TPSA) is 102 Å². The highest BCUT2D eigenvalue weighted by Crippen LogP contribution is 2.59. The van der Waals surface area contributed by atoms with Crippen molar-refractivity contribution in [2.45, 2.75) is 36.9 Å². The van der Waals surface area contributed by atoms with Gasteiger partial charge in [0.05, 0.1) is 30.3 Å². The molecule has 0 saturated heterocycles. The first-order valence-electron chi connectivity index (χ1n) is 16.4. The van der Waals surface area contributed by atoms with Crippen LogP contribution in [0.5, 0.6) is 0 Å². The summed E-state index contributed by atoms with van der Waals surface area (Å²) in [6, 6.07) is 23.2. The van der Waals surface area contributed by atoms with Crippen LogP contribution in [0.1, 0.15) is 34.1 Å². The van der Waals surface area contributed by atoms with Crippen molar-refractivity contribution in [2.75, 3.05) is 60.0 Å². The van der Waals surface area contributed by atoms with Crippen LogP contribution in [0.2, 0.25) is 0 Å². The second-order valence-electron chi connectivity index (χ2n) is 14.0. The van der Waals surface area contributed by atoms with E-state index in [0.29, 0.717) is 11.4 Å². The van der Waals surface area contributed by atoms with E-state index in [1.54, 1.807) is 0 Å². The minimum Gasteiger partial charge on any atom is -0.398 e. The molecule has 6 N–H and O–H groups in total. The van der Waals surface area contributed by atoms with E-state index >= 15 is 0 Å². The lowest BCUT2D eigenvalue weighted by Gasteiger charge is -2.49. The predicted octanol–water partition coefficient (Wildman–Crippen LogP) is 5.83. The molecule has 0 spiro atoms. The molecule has 230 valence electrons. The van der Waals surface area contributed by atoms with Gasteiger partial charge in [-0.05, 0) is 64.1 Å². The minimum atomic E-state index is -0.833. The molecule has 0 aromatic heterocycles. The molecule has 6 aromatic rings. The molecule has 2 atom stereocenters. The van der Waals surface area contributed by atoms with Crippen LogP contribution in [0.15, 0.2) is 66.7 Å². The van der Waals surface area contributed by atoms with Crippen LogP contribution in [0.3, 0.4) is 0 Å². The van der Waals surface area contributed by atoms with E-state index in [1.165, 1.54) is 27.6 Å². The van der Waals surface area contributed by atoms with E-state index in [4.69, 9.17) is 11.5 Å². The van der Waals surface area contributed by atoms with E-state index in [0.717, 1.165) is 87.4 Å². The molecule has 46 heavy (non-hydrogen) atoms. The monoisotopic (exact) mass is 607 g/mol. The number of nitrogen functional groups attached to an aromatic ring is 2. The summed E-state index contributed by atoms with van der Waals surface area (Å²) < 4.78 is 0. The maximum atomic E-state index is 12.5. The molecule has 6 aromatic carbocycles. The number of hydrogen-bond donors (Lipinski definition) is 4. The zero-order valence-corrected chi connectivity index (χ0v) is 26.1. The zero-order chi connectivity index (χ0) is 31.2. The van der Waals surface area contributed by atoms with Crippen LogP contribution in [-0.2, 0) is 12.8 Å². The summed E-state index contributed by atoms with van der Waals surface area (Å²) >= 11 is 0. The number of rotatable bonds is 2. The van der Waals surface area contributed by atoms with Gasteiger partial charge in [0.15, 0.2) is 0 Å². The number of nitrogens with zero attached hydrogens (tertiary/aromatic N) is 3. The molecule has 3 heterocycles. The SMILES string of the molecule is CN1CN(C)c2c3cccc(N)c3c(C3C(O)C(c4c5cccc6c5c5c7c(cccc47)CCN5CC6)C3O)c3c(N)ccc1c23. The average molecular weight is 608 g/mol. The van der Waals surface area contributed by atoms with Crippen molar-refractivity contribution >= 4 is 71.5 Å². The third-order valence-corrected chi connectivity index (χ3v) is 11.7. The van der Waals surface area contributed by atoms with E-state index in [9.17, 15) is 10.2 Å². The molecule has 3 aliphatic heterocycles. The van der Waals surface area contributed by atoms with Crippen molar-refractivity contribution in [3.05, 3.63) is 89.0 Å². The summed E-state index contributed by atoms with van der Waals surface area (Å²) in [6.45, 7) is 2.78. The number of nitrogens with two attached hydrogens (primary N) is 2. The van der Waals surface area contributed by atoms with Gasteiger partial charge in [-0.1, -0.05) is 48.5 Å². The Kier molecular flexibility index (Phi) is 5.16. The maximum absolute atomic E-state index is 12.5. The molecule has 4 aliphatic rings. The Hall–Kier alpha value is -4.72. The van der Waals surface area contributed by atoms with Crippen LogP contribution in [0.25, 0.3) is 43.1 Å². The first-order valence-corrected chi connectivity index (χ1v) is 16.4. The fourth-order valence-corrected chi connectivity index (χ4v) is 9.78. The molecule has 1 fully saturated rings. The van der Waals surface area contributed by atoms with Crippen LogP contribution in [0, 0.1) is 0 Å². The van der Waals surface area contributed by atoms with Gasteiger partial charge in [0.2, 0.25) is 0 Å². The predicted molar refractivity (Wildman–Crippen MR) is 191 cm³/mol. The summed E-state index contributed by atoms with van der Waals surface area (Å²) in [4.78, 5) is 7.01. The van der Waals surface area contributed by atoms with Crippen molar-refractivity contribution in [3.8, 4) is 0 Å². The van der Waals surface area contributed by atoms with E-state index in [1.807, 2.05) is 18.2 Å². The fourth-order valence-electron chi connectivity index (χ4n) is 9.78. The highest BCUT2D eigenvalue weighted by molar-refractivity contribution is 6.24. The zero-order valence-electron chi connectivity index (χ0n) is 26.1. The normalized spacial score (nSPS) is 23.3. The Balaban J connectivity index is 1.25. The van der Waals surface area contributed by atoms with E-state index in [2.05, 4.69) is 77.3 Å². The van der Waals surface area contributed by atoms with Gasteiger partial charge < -0.3 is 36.4 Å². The molecule has 1 saturated carbocycles. The van der Waals surface area contributed by atoms with Gasteiger partial charge in [0.25, 0.3) is 0 Å². The van der Waals surface area contributed by atoms with Crippen LogP contribution < -0.4 is 26.2 Å². The summed E-state index contributed by atoms with van der Waals surface area (Å²) in [7, 11) is 4.18. The van der Waals surface area contributed by atoms with Gasteiger partial charge in [-0.2, -0.15) is 0 Å². The largest absolute Gasteiger partial charge is 0.398 e. The number of benzene rings is 6. The molecule has 1 aliphatic carbocycles. The van der Waals surface area contributed by atoms with Crippen molar-refractivity contribution < 1.29 is 10.2 Å². The third kappa shape index (κ3) is 3.10. The average Bonchev–Trinajstić information content (AvgIpc) is 3.05. The molecule has 7 nitrogen and oxygen atoms in total. The van der Waals surface area contributed by atoms with Crippen LogP contribution >= 0.6 is 0 Å². The second-order valence-corrected chi connectivity index (χ2v) is 14.0. The molecule has 10 rings (SSSR count). The highest BCUT2D eigenvalue weighted by atomic mass is 16.3. The maximum Gasteiger partial charge on any atom is 0.0897 e. The number of hydrogen-bond acceptors (Lipinski definition) is 7. The lowest BCUT2D eigenvalue weighted by Crippen LogP contribution is -2.52. The molecular weight excluding hydrogens is 570 g/mol. The fraction of sp³-hybridized carbons (Fsp3) is 0.282. The Bertz CT molecular complexity index is 2250. The number of aliphatic hydroxyl groups excluding tert-OH is 2. The lowest BCUT2D eigenvalue weighted by molar-refractivity contribution is -0.0765. The van der Waals surface area contributed by atoms with Crippen molar-refractivity contribution in [3.63, 3.8) is 0 Å². The number of anilines is 5. The summed E-state index contributed by atoms with van der Waals surface area (Å²) in [5.74, 6) is -1.02. The molecular formula is C39H37N5O2. The molecule has 0 radical (unpaired) electrons. The molecule has 0 bridgehead atoms. The number of fused-ring (bicyclic) bond motifs is 2. The van der Waals surface area contributed by atoms with Crippen molar-refractivity contribution in [1.29, 1.82) is 0 Å². The van der Waals surface area contributed by atoms with E-state index in [-0.39, 0.29) is 0 Å². The van der Waals surface area contributed by atoms with E-state index < -0.39 is 24.0 Å². The van der Waals surface area contributed by atoms with Crippen LogP contribution in [-0.4, -0.2) is 56.3 Å². The quantitative estimate of drug-likeness (QED) is 0.145. The smallest absolute Gasteiger partial charge is 0.0897 e. The van der Waals surface area contributed by atoms with Crippen LogP contribution in [0.4, 0.5) is 28.4 Å². The summed E-state index contributed by atoms with van der Waals surface area (Å²) in [5, 5.41) is 33.6. The Labute approximate surface area is 267 Å². The standard InChI is InChI=1S/C39H37N5O2/c1-42-18-43(2)36-23-10-5-11-24(40)30(23)33(31-25(41)12-13-26(42)32(31)36)35-38(45)34(39(35)46)29-21-8-3-6-19-14-16-44-17-15-20-7-4-9-22(29)28(20)37(44)27(19)21/h3-13,34-35,38-39,45-46H,14-18,40-41H2,1-2H3. The summed E-state index contributed by atoms with van der Waals surface area (Å²) in [5.41, 5.74) is 23.0. The summed E-state index contributed by atoms with van der Waals surface area (Å²) in [6.07, 6.45) is 0.341. The first-order chi connectivity index (χ1) is 22.3. The molecule has 2 unspecified atom stereocenters. The Morgan fingerprint density at radius 1 is 0.587 bits per heavy atom. The van der Waals surface area contributed by atoms with Crippen molar-refractivity contribution in [1.82, 2.24) is 0 Å². The molecule has 7 heteroatoms. The lowest BCUT2D eigenvalue weighted by atomic mass is 9.60. The van der Waals surface area contributed by atoms with Gasteiger partial charge >= 0.3 is 0 Å². The van der Waals surface area contributed by atoms with Gasteiger partial charge in [0.1, 0.15) is 0 Å². The minimum absolute atomic E-state index is 0.459.